The van der Waals surface area contributed by atoms with Crippen molar-refractivity contribution in [2.75, 3.05) is 6.54 Å². The Morgan fingerprint density at radius 1 is 1.47 bits per heavy atom. The summed E-state index contributed by atoms with van der Waals surface area (Å²) in [5, 5.41) is 6.99. The van der Waals surface area contributed by atoms with E-state index in [1.807, 2.05) is 19.1 Å². The normalized spacial score (nSPS) is 10.6. The molecule has 2 heterocycles. The summed E-state index contributed by atoms with van der Waals surface area (Å²) in [5.41, 5.74) is 0.894. The van der Waals surface area contributed by atoms with Crippen LogP contribution in [0.15, 0.2) is 39.8 Å². The van der Waals surface area contributed by atoms with Crippen molar-refractivity contribution < 1.29 is 4.52 Å². The van der Waals surface area contributed by atoms with E-state index in [-0.39, 0.29) is 5.56 Å². The molecule has 0 fully saturated rings. The summed E-state index contributed by atoms with van der Waals surface area (Å²) in [7, 11) is 0. The minimum atomic E-state index is 0.0183. The Bertz CT molecular complexity index is 530. The molecule has 2 aromatic rings. The van der Waals surface area contributed by atoms with Gasteiger partial charge in [-0.1, -0.05) is 11.2 Å². The van der Waals surface area contributed by atoms with Gasteiger partial charge in [0.25, 0.3) is 5.56 Å². The lowest BCUT2D eigenvalue weighted by molar-refractivity contribution is 0.368. The fraction of sp³-hybridized carbons (Fsp3) is 0.333. The van der Waals surface area contributed by atoms with E-state index < -0.39 is 0 Å². The standard InChI is InChI=1S/C12H15N3O2/c1-10-8-11(17-14-10)9-13-5-7-15-6-3-2-4-12(15)16/h2-4,6,8,13H,5,7,9H2,1H3. The lowest BCUT2D eigenvalue weighted by atomic mass is 10.4. The molecule has 0 atom stereocenters. The summed E-state index contributed by atoms with van der Waals surface area (Å²) in [6, 6.07) is 7.03. The van der Waals surface area contributed by atoms with E-state index in [2.05, 4.69) is 10.5 Å². The van der Waals surface area contributed by atoms with Gasteiger partial charge >= 0.3 is 0 Å². The predicted octanol–water partition coefficient (Wildman–Crippen LogP) is 0.935. The summed E-state index contributed by atoms with van der Waals surface area (Å²) in [6.45, 7) is 3.87. The average Bonchev–Trinajstić information content (AvgIpc) is 2.73. The predicted molar refractivity (Wildman–Crippen MR) is 63.6 cm³/mol. The minimum absolute atomic E-state index is 0.0183. The first kappa shape index (κ1) is 11.6. The van der Waals surface area contributed by atoms with Gasteiger partial charge in [-0.05, 0) is 13.0 Å². The Hall–Kier alpha value is -1.88. The van der Waals surface area contributed by atoms with Crippen LogP contribution in [-0.4, -0.2) is 16.3 Å². The van der Waals surface area contributed by atoms with Crippen LogP contribution in [0, 0.1) is 6.92 Å². The van der Waals surface area contributed by atoms with E-state index in [0.717, 1.165) is 11.5 Å². The first-order valence-electron chi connectivity index (χ1n) is 5.54. The Kier molecular flexibility index (Phi) is 3.72. The number of aromatic nitrogens is 2. The molecular weight excluding hydrogens is 218 g/mol. The van der Waals surface area contributed by atoms with E-state index in [4.69, 9.17) is 4.52 Å². The average molecular weight is 233 g/mol. The van der Waals surface area contributed by atoms with Gasteiger partial charge < -0.3 is 14.4 Å². The molecule has 0 aliphatic heterocycles. The molecule has 17 heavy (non-hydrogen) atoms. The van der Waals surface area contributed by atoms with Gasteiger partial charge in [0.2, 0.25) is 0 Å². The first-order valence-corrected chi connectivity index (χ1v) is 5.54. The molecule has 90 valence electrons. The molecule has 5 heteroatoms. The molecule has 0 saturated heterocycles. The first-order chi connectivity index (χ1) is 8.25. The van der Waals surface area contributed by atoms with Crippen molar-refractivity contribution in [3.8, 4) is 0 Å². The van der Waals surface area contributed by atoms with Gasteiger partial charge in [-0.3, -0.25) is 4.79 Å². The van der Waals surface area contributed by atoms with E-state index in [9.17, 15) is 4.79 Å². The van der Waals surface area contributed by atoms with Gasteiger partial charge in [0.15, 0.2) is 5.76 Å². The molecule has 0 spiro atoms. The Balaban J connectivity index is 1.77. The number of hydrogen-bond acceptors (Lipinski definition) is 4. The Morgan fingerprint density at radius 2 is 2.35 bits per heavy atom. The van der Waals surface area contributed by atoms with Crippen molar-refractivity contribution in [2.24, 2.45) is 0 Å². The lowest BCUT2D eigenvalue weighted by Crippen LogP contribution is -2.25. The highest BCUT2D eigenvalue weighted by atomic mass is 16.5. The zero-order chi connectivity index (χ0) is 12.1. The zero-order valence-electron chi connectivity index (χ0n) is 9.72. The monoisotopic (exact) mass is 233 g/mol. The van der Waals surface area contributed by atoms with Gasteiger partial charge in [0.1, 0.15) is 0 Å². The van der Waals surface area contributed by atoms with Crippen molar-refractivity contribution in [3.63, 3.8) is 0 Å². The quantitative estimate of drug-likeness (QED) is 0.781. The second-order valence-electron chi connectivity index (χ2n) is 3.84. The third kappa shape index (κ3) is 3.29. The fourth-order valence-electron chi connectivity index (χ4n) is 1.56. The largest absolute Gasteiger partial charge is 0.360 e. The van der Waals surface area contributed by atoms with Crippen LogP contribution in [0.25, 0.3) is 0 Å². The molecule has 5 nitrogen and oxygen atoms in total. The topological polar surface area (TPSA) is 60.1 Å². The maximum atomic E-state index is 11.4. The molecular formula is C12H15N3O2. The summed E-state index contributed by atoms with van der Waals surface area (Å²) in [6.07, 6.45) is 1.78. The van der Waals surface area contributed by atoms with Crippen LogP contribution in [0.4, 0.5) is 0 Å². The van der Waals surface area contributed by atoms with Gasteiger partial charge in [-0.2, -0.15) is 0 Å². The zero-order valence-corrected chi connectivity index (χ0v) is 9.72. The highest BCUT2D eigenvalue weighted by Gasteiger charge is 1.99. The number of pyridine rings is 1. The number of nitrogens with one attached hydrogen (secondary N) is 1. The molecule has 0 unspecified atom stereocenters. The van der Waals surface area contributed by atoms with Crippen molar-refractivity contribution >= 4 is 0 Å². The van der Waals surface area contributed by atoms with Crippen LogP contribution in [0.5, 0.6) is 0 Å². The van der Waals surface area contributed by atoms with E-state index in [1.165, 1.54) is 0 Å². The SMILES string of the molecule is Cc1cc(CNCCn2ccccc2=O)on1. The van der Waals surface area contributed by atoms with Gasteiger partial charge in [-0.15, -0.1) is 0 Å². The molecule has 2 aromatic heterocycles. The van der Waals surface area contributed by atoms with Crippen LogP contribution >= 0.6 is 0 Å². The molecule has 0 amide bonds. The molecule has 0 aromatic carbocycles. The van der Waals surface area contributed by atoms with E-state index in [0.29, 0.717) is 19.6 Å². The molecule has 0 aliphatic carbocycles. The van der Waals surface area contributed by atoms with E-state index in [1.54, 1.807) is 22.9 Å². The molecule has 0 saturated carbocycles. The second-order valence-corrected chi connectivity index (χ2v) is 3.84. The van der Waals surface area contributed by atoms with Crippen molar-refractivity contribution in [3.05, 3.63) is 52.3 Å². The Labute approximate surface area is 99.1 Å². The number of hydrogen-bond donors (Lipinski definition) is 1. The molecule has 0 bridgehead atoms. The maximum Gasteiger partial charge on any atom is 0.250 e. The molecule has 0 aliphatic rings. The summed E-state index contributed by atoms with van der Waals surface area (Å²) < 4.78 is 6.72. The second kappa shape index (κ2) is 5.45. The summed E-state index contributed by atoms with van der Waals surface area (Å²) in [4.78, 5) is 11.4. The minimum Gasteiger partial charge on any atom is -0.360 e. The highest BCUT2D eigenvalue weighted by Crippen LogP contribution is 2.00. The van der Waals surface area contributed by atoms with Crippen LogP contribution in [0.1, 0.15) is 11.5 Å². The van der Waals surface area contributed by atoms with Crippen molar-refractivity contribution in [1.29, 1.82) is 0 Å². The maximum absolute atomic E-state index is 11.4. The van der Waals surface area contributed by atoms with Gasteiger partial charge in [0, 0.05) is 31.4 Å². The number of nitrogens with zero attached hydrogens (tertiary/aromatic N) is 2. The smallest absolute Gasteiger partial charge is 0.250 e. The molecule has 2 rings (SSSR count). The van der Waals surface area contributed by atoms with Crippen LogP contribution < -0.4 is 10.9 Å². The van der Waals surface area contributed by atoms with Crippen molar-refractivity contribution in [1.82, 2.24) is 15.0 Å². The fourth-order valence-corrected chi connectivity index (χ4v) is 1.56. The molecule has 0 radical (unpaired) electrons. The number of aryl methyl sites for hydroxylation is 1. The Morgan fingerprint density at radius 3 is 3.06 bits per heavy atom. The third-order valence-electron chi connectivity index (χ3n) is 2.40. The molecule has 1 N–H and O–H groups in total. The lowest BCUT2D eigenvalue weighted by Gasteiger charge is -2.05. The van der Waals surface area contributed by atoms with Crippen LogP contribution in [0.3, 0.4) is 0 Å². The van der Waals surface area contributed by atoms with Crippen molar-refractivity contribution in [2.45, 2.75) is 20.0 Å². The number of rotatable bonds is 5. The van der Waals surface area contributed by atoms with E-state index >= 15 is 0 Å². The van der Waals surface area contributed by atoms with Gasteiger partial charge in [-0.25, -0.2) is 0 Å². The van der Waals surface area contributed by atoms with Crippen LogP contribution in [0.2, 0.25) is 0 Å². The van der Waals surface area contributed by atoms with Gasteiger partial charge in [0.05, 0.1) is 12.2 Å². The summed E-state index contributed by atoms with van der Waals surface area (Å²) >= 11 is 0. The highest BCUT2D eigenvalue weighted by molar-refractivity contribution is 5.02. The summed E-state index contributed by atoms with van der Waals surface area (Å²) in [5.74, 6) is 0.808. The van der Waals surface area contributed by atoms with Crippen LogP contribution in [-0.2, 0) is 13.1 Å². The third-order valence-corrected chi connectivity index (χ3v) is 2.40.